The maximum Gasteiger partial charge on any atom is 0.0948 e. The predicted octanol–water partition coefficient (Wildman–Crippen LogP) is 2.06. The fourth-order valence-corrected chi connectivity index (χ4v) is 1.62. The SMILES string of the molecule is CCCn1cncc1CNCCOCC(C)C. The molecule has 0 amide bonds. The van der Waals surface area contributed by atoms with Gasteiger partial charge in [0.05, 0.1) is 18.6 Å². The Morgan fingerprint density at radius 3 is 3.00 bits per heavy atom. The van der Waals surface area contributed by atoms with Crippen LogP contribution in [0.2, 0.25) is 0 Å². The third-order valence-electron chi connectivity index (χ3n) is 2.44. The quantitative estimate of drug-likeness (QED) is 0.670. The van der Waals surface area contributed by atoms with Crippen LogP contribution in [0.15, 0.2) is 12.5 Å². The van der Waals surface area contributed by atoms with Crippen molar-refractivity contribution >= 4 is 0 Å². The van der Waals surface area contributed by atoms with Crippen LogP contribution in [-0.2, 0) is 17.8 Å². The lowest BCUT2D eigenvalue weighted by molar-refractivity contribution is 0.111. The largest absolute Gasteiger partial charge is 0.380 e. The molecule has 0 unspecified atom stereocenters. The third kappa shape index (κ3) is 5.84. The summed E-state index contributed by atoms with van der Waals surface area (Å²) in [7, 11) is 0. The molecular formula is C13H25N3O. The highest BCUT2D eigenvalue weighted by Gasteiger charge is 2.00. The van der Waals surface area contributed by atoms with E-state index in [1.165, 1.54) is 5.69 Å². The van der Waals surface area contributed by atoms with Crippen molar-refractivity contribution in [1.29, 1.82) is 0 Å². The van der Waals surface area contributed by atoms with Crippen LogP contribution in [0.1, 0.15) is 32.9 Å². The number of ether oxygens (including phenoxy) is 1. The van der Waals surface area contributed by atoms with Crippen LogP contribution in [0.3, 0.4) is 0 Å². The van der Waals surface area contributed by atoms with Crippen molar-refractivity contribution in [2.24, 2.45) is 5.92 Å². The maximum absolute atomic E-state index is 5.51. The van der Waals surface area contributed by atoms with Gasteiger partial charge in [-0.2, -0.15) is 0 Å². The van der Waals surface area contributed by atoms with E-state index in [-0.39, 0.29) is 0 Å². The van der Waals surface area contributed by atoms with Gasteiger partial charge >= 0.3 is 0 Å². The monoisotopic (exact) mass is 239 g/mol. The van der Waals surface area contributed by atoms with E-state index in [9.17, 15) is 0 Å². The molecule has 4 heteroatoms. The lowest BCUT2D eigenvalue weighted by Crippen LogP contribution is -2.21. The van der Waals surface area contributed by atoms with E-state index in [0.29, 0.717) is 5.92 Å². The summed E-state index contributed by atoms with van der Waals surface area (Å²) < 4.78 is 7.70. The molecule has 1 aromatic heterocycles. The van der Waals surface area contributed by atoms with Crippen LogP contribution >= 0.6 is 0 Å². The molecule has 4 nitrogen and oxygen atoms in total. The molecular weight excluding hydrogens is 214 g/mol. The average Bonchev–Trinajstić information content (AvgIpc) is 2.71. The summed E-state index contributed by atoms with van der Waals surface area (Å²) >= 11 is 0. The first kappa shape index (κ1) is 14.2. The number of hydrogen-bond donors (Lipinski definition) is 1. The van der Waals surface area contributed by atoms with E-state index < -0.39 is 0 Å². The van der Waals surface area contributed by atoms with Crippen LogP contribution in [0.25, 0.3) is 0 Å². The first-order chi connectivity index (χ1) is 8.24. The Labute approximate surface area is 104 Å². The second-order valence-corrected chi connectivity index (χ2v) is 4.72. The fraction of sp³-hybridized carbons (Fsp3) is 0.769. The lowest BCUT2D eigenvalue weighted by Gasteiger charge is -2.09. The van der Waals surface area contributed by atoms with Crippen molar-refractivity contribution in [1.82, 2.24) is 14.9 Å². The highest BCUT2D eigenvalue weighted by Crippen LogP contribution is 2.00. The van der Waals surface area contributed by atoms with Gasteiger partial charge in [-0.05, 0) is 12.3 Å². The second kappa shape index (κ2) is 8.25. The molecule has 0 aliphatic heterocycles. The Bertz CT molecular complexity index is 297. The number of nitrogens with zero attached hydrogens (tertiary/aromatic N) is 2. The summed E-state index contributed by atoms with van der Waals surface area (Å²) in [6.07, 6.45) is 4.97. The molecule has 17 heavy (non-hydrogen) atoms. The summed E-state index contributed by atoms with van der Waals surface area (Å²) in [5.74, 6) is 0.612. The molecule has 0 spiro atoms. The molecule has 0 fully saturated rings. The molecule has 0 saturated carbocycles. The van der Waals surface area contributed by atoms with Gasteiger partial charge in [-0.1, -0.05) is 20.8 Å². The molecule has 0 aromatic carbocycles. The summed E-state index contributed by atoms with van der Waals surface area (Å²) in [6.45, 7) is 10.9. The smallest absolute Gasteiger partial charge is 0.0948 e. The van der Waals surface area contributed by atoms with Crippen molar-refractivity contribution < 1.29 is 4.74 Å². The van der Waals surface area contributed by atoms with E-state index in [4.69, 9.17) is 4.74 Å². The van der Waals surface area contributed by atoms with Gasteiger partial charge in [0.1, 0.15) is 0 Å². The highest BCUT2D eigenvalue weighted by molar-refractivity contribution is 4.97. The Morgan fingerprint density at radius 2 is 2.29 bits per heavy atom. The minimum absolute atomic E-state index is 0.612. The van der Waals surface area contributed by atoms with Crippen molar-refractivity contribution in [2.45, 2.75) is 40.3 Å². The number of imidazole rings is 1. The topological polar surface area (TPSA) is 39.1 Å². The molecule has 0 radical (unpaired) electrons. The molecule has 0 bridgehead atoms. The van der Waals surface area contributed by atoms with Gasteiger partial charge in [-0.15, -0.1) is 0 Å². The first-order valence-electron chi connectivity index (χ1n) is 6.51. The summed E-state index contributed by atoms with van der Waals surface area (Å²) in [4.78, 5) is 4.17. The van der Waals surface area contributed by atoms with Gasteiger partial charge in [0.15, 0.2) is 0 Å². The minimum Gasteiger partial charge on any atom is -0.380 e. The zero-order valence-electron chi connectivity index (χ0n) is 11.3. The summed E-state index contributed by atoms with van der Waals surface area (Å²) in [5.41, 5.74) is 1.25. The zero-order valence-corrected chi connectivity index (χ0v) is 11.3. The molecule has 1 N–H and O–H groups in total. The number of aryl methyl sites for hydroxylation is 1. The van der Waals surface area contributed by atoms with Gasteiger partial charge in [-0.25, -0.2) is 4.98 Å². The average molecular weight is 239 g/mol. The van der Waals surface area contributed by atoms with Gasteiger partial charge in [-0.3, -0.25) is 0 Å². The Kier molecular flexibility index (Phi) is 6.89. The molecule has 98 valence electrons. The van der Waals surface area contributed by atoms with Gasteiger partial charge in [0.25, 0.3) is 0 Å². The van der Waals surface area contributed by atoms with E-state index in [0.717, 1.165) is 39.3 Å². The first-order valence-corrected chi connectivity index (χ1v) is 6.51. The summed E-state index contributed by atoms with van der Waals surface area (Å²) in [5, 5.41) is 3.37. The molecule has 1 rings (SSSR count). The number of rotatable bonds is 9. The van der Waals surface area contributed by atoms with Gasteiger partial charge in [0.2, 0.25) is 0 Å². The van der Waals surface area contributed by atoms with Crippen LogP contribution in [0.5, 0.6) is 0 Å². The molecule has 0 saturated heterocycles. The van der Waals surface area contributed by atoms with Crippen molar-refractivity contribution in [3.8, 4) is 0 Å². The molecule has 0 atom stereocenters. The Hall–Kier alpha value is -0.870. The van der Waals surface area contributed by atoms with Crippen LogP contribution < -0.4 is 5.32 Å². The normalized spacial score (nSPS) is 11.3. The maximum atomic E-state index is 5.51. The van der Waals surface area contributed by atoms with E-state index in [1.807, 2.05) is 12.5 Å². The molecule has 1 heterocycles. The van der Waals surface area contributed by atoms with Crippen molar-refractivity contribution in [3.63, 3.8) is 0 Å². The van der Waals surface area contributed by atoms with E-state index >= 15 is 0 Å². The fourth-order valence-electron chi connectivity index (χ4n) is 1.62. The van der Waals surface area contributed by atoms with Crippen LogP contribution in [0.4, 0.5) is 0 Å². The standard InChI is InChI=1S/C13H25N3O/c1-4-6-16-11-15-9-13(16)8-14-5-7-17-10-12(2)3/h9,11-12,14H,4-8,10H2,1-3H3. The Balaban J connectivity index is 2.11. The minimum atomic E-state index is 0.612. The number of hydrogen-bond acceptors (Lipinski definition) is 3. The molecule has 1 aromatic rings. The van der Waals surface area contributed by atoms with Crippen LogP contribution in [-0.4, -0.2) is 29.3 Å². The summed E-state index contributed by atoms with van der Waals surface area (Å²) in [6, 6.07) is 0. The van der Waals surface area contributed by atoms with Gasteiger partial charge in [0, 0.05) is 32.4 Å². The second-order valence-electron chi connectivity index (χ2n) is 4.72. The van der Waals surface area contributed by atoms with E-state index in [2.05, 4.69) is 35.6 Å². The number of nitrogens with one attached hydrogen (secondary N) is 1. The molecule has 0 aliphatic rings. The van der Waals surface area contributed by atoms with Gasteiger partial charge < -0.3 is 14.6 Å². The third-order valence-corrected chi connectivity index (χ3v) is 2.44. The Morgan fingerprint density at radius 1 is 1.47 bits per heavy atom. The highest BCUT2D eigenvalue weighted by atomic mass is 16.5. The van der Waals surface area contributed by atoms with Crippen molar-refractivity contribution in [3.05, 3.63) is 18.2 Å². The number of aromatic nitrogens is 2. The predicted molar refractivity (Wildman–Crippen MR) is 69.9 cm³/mol. The van der Waals surface area contributed by atoms with Crippen molar-refractivity contribution in [2.75, 3.05) is 19.8 Å². The lowest BCUT2D eigenvalue weighted by atomic mass is 10.2. The zero-order chi connectivity index (χ0) is 12.5. The van der Waals surface area contributed by atoms with E-state index in [1.54, 1.807) is 0 Å². The molecule has 0 aliphatic carbocycles. The van der Waals surface area contributed by atoms with Crippen LogP contribution in [0, 0.1) is 5.92 Å².